The molecule has 0 atom stereocenters. The molecular weight excluding hydrogens is 300 g/mol. The van der Waals surface area contributed by atoms with Crippen LogP contribution in [0.4, 0.5) is 0 Å². The minimum Gasteiger partial charge on any atom is -0.508 e. The average molecular weight is 318 g/mol. The molecule has 3 rings (SSSR count). The standard InChI is InChI=1S/C16H18N2O5/c1-3-17(4-2)8-7-11-12-9-10(19)5-6-13(12)18-14(11)22-15(20)16(21)23-18/h5-6,9,19H,3-4,7-8H2,1-2H3. The normalized spacial score (nSPS) is 11.8. The van der Waals surface area contributed by atoms with Crippen LogP contribution >= 0.6 is 0 Å². The van der Waals surface area contributed by atoms with Crippen LogP contribution in [0.1, 0.15) is 19.4 Å². The molecular formula is C16H18N2O5. The van der Waals surface area contributed by atoms with Crippen LogP contribution in [0.15, 0.2) is 36.7 Å². The second-order valence-corrected chi connectivity index (χ2v) is 5.32. The molecule has 0 fully saturated rings. The highest BCUT2D eigenvalue weighted by atomic mass is 16.5. The van der Waals surface area contributed by atoms with Crippen LogP contribution in [0.5, 0.6) is 5.75 Å². The summed E-state index contributed by atoms with van der Waals surface area (Å²) in [5.41, 5.74) is -0.564. The third-order valence-corrected chi connectivity index (χ3v) is 4.07. The molecule has 2 aromatic heterocycles. The Bertz CT molecular complexity index is 962. The summed E-state index contributed by atoms with van der Waals surface area (Å²) in [6.45, 7) is 6.73. The monoisotopic (exact) mass is 318 g/mol. The van der Waals surface area contributed by atoms with E-state index in [1.165, 1.54) is 10.6 Å². The zero-order chi connectivity index (χ0) is 16.6. The molecule has 2 heterocycles. The Morgan fingerprint density at radius 3 is 2.61 bits per heavy atom. The number of phenolic OH excluding ortho intramolecular Hbond substituents is 1. The van der Waals surface area contributed by atoms with Crippen molar-refractivity contribution < 1.29 is 14.0 Å². The van der Waals surface area contributed by atoms with Gasteiger partial charge in [-0.1, -0.05) is 13.8 Å². The third kappa shape index (κ3) is 2.63. The zero-order valence-corrected chi connectivity index (χ0v) is 13.0. The van der Waals surface area contributed by atoms with Crippen molar-refractivity contribution in [2.75, 3.05) is 19.6 Å². The summed E-state index contributed by atoms with van der Waals surface area (Å²) in [5, 5.41) is 10.5. The van der Waals surface area contributed by atoms with Gasteiger partial charge in [-0.15, -0.1) is 4.57 Å². The van der Waals surface area contributed by atoms with Crippen molar-refractivity contribution in [3.05, 3.63) is 44.6 Å². The number of benzene rings is 1. The lowest BCUT2D eigenvalue weighted by molar-refractivity contribution is 0.283. The summed E-state index contributed by atoms with van der Waals surface area (Å²) in [5.74, 6) is 0.0992. The van der Waals surface area contributed by atoms with Gasteiger partial charge < -0.3 is 18.9 Å². The molecule has 3 aromatic rings. The minimum absolute atomic E-state index is 0.0992. The van der Waals surface area contributed by atoms with E-state index >= 15 is 0 Å². The summed E-state index contributed by atoms with van der Waals surface area (Å²) in [6, 6.07) is 4.70. The molecule has 0 amide bonds. The number of fused-ring (bicyclic) bond motifs is 3. The quantitative estimate of drug-likeness (QED) is 0.719. The van der Waals surface area contributed by atoms with Crippen LogP contribution in [0.25, 0.3) is 16.6 Å². The lowest BCUT2D eigenvalue weighted by Gasteiger charge is -2.17. The first-order chi connectivity index (χ1) is 11.0. The molecule has 0 unspecified atom stereocenters. The number of aromatic nitrogens is 1. The summed E-state index contributed by atoms with van der Waals surface area (Å²) in [7, 11) is 0. The van der Waals surface area contributed by atoms with Crippen molar-refractivity contribution in [1.82, 2.24) is 9.47 Å². The first-order valence-corrected chi connectivity index (χ1v) is 7.58. The maximum absolute atomic E-state index is 11.5. The molecule has 1 aromatic carbocycles. The number of nitrogens with zero attached hydrogens (tertiary/aromatic N) is 2. The molecule has 23 heavy (non-hydrogen) atoms. The van der Waals surface area contributed by atoms with Crippen molar-refractivity contribution in [3.8, 4) is 5.75 Å². The van der Waals surface area contributed by atoms with Gasteiger partial charge in [-0.25, -0.2) is 9.59 Å². The first kappa shape index (κ1) is 15.4. The van der Waals surface area contributed by atoms with Crippen LogP contribution in [-0.4, -0.2) is 34.2 Å². The zero-order valence-electron chi connectivity index (χ0n) is 13.0. The number of aromatic hydroxyl groups is 1. The predicted molar refractivity (Wildman–Crippen MR) is 85.1 cm³/mol. The maximum atomic E-state index is 11.5. The molecule has 0 aliphatic rings. The Morgan fingerprint density at radius 1 is 1.17 bits per heavy atom. The SMILES string of the molecule is CCN(CC)CCc1c2cc(O)ccc2n2oc(=O)c(=O)oc12. The summed E-state index contributed by atoms with van der Waals surface area (Å²) in [6.07, 6.45) is 0.606. The van der Waals surface area contributed by atoms with E-state index in [1.54, 1.807) is 12.1 Å². The molecule has 0 aliphatic heterocycles. The molecule has 0 aliphatic carbocycles. The van der Waals surface area contributed by atoms with Crippen molar-refractivity contribution in [1.29, 1.82) is 0 Å². The molecule has 0 bridgehead atoms. The largest absolute Gasteiger partial charge is 0.508 e. The van der Waals surface area contributed by atoms with Crippen LogP contribution in [0.3, 0.4) is 0 Å². The summed E-state index contributed by atoms with van der Waals surface area (Å²) < 4.78 is 11.4. The molecule has 122 valence electrons. The van der Waals surface area contributed by atoms with Gasteiger partial charge in [-0.05, 0) is 37.7 Å². The van der Waals surface area contributed by atoms with E-state index < -0.39 is 11.3 Å². The number of rotatable bonds is 5. The lowest BCUT2D eigenvalue weighted by Crippen LogP contribution is -2.25. The topological polar surface area (TPSA) is 88.3 Å². The maximum Gasteiger partial charge on any atom is 0.442 e. The Morgan fingerprint density at radius 2 is 1.91 bits per heavy atom. The molecule has 7 heteroatoms. The van der Waals surface area contributed by atoms with Gasteiger partial charge in [-0.2, -0.15) is 0 Å². The highest BCUT2D eigenvalue weighted by molar-refractivity contribution is 5.90. The number of likely N-dealkylation sites (N-methyl/N-ethyl adjacent to an activating group) is 1. The molecule has 0 saturated carbocycles. The van der Waals surface area contributed by atoms with Gasteiger partial charge >= 0.3 is 11.3 Å². The fourth-order valence-electron chi connectivity index (χ4n) is 2.78. The van der Waals surface area contributed by atoms with Crippen LogP contribution in [0, 0.1) is 0 Å². The molecule has 0 saturated heterocycles. The Balaban J connectivity index is 2.23. The van der Waals surface area contributed by atoms with E-state index in [0.717, 1.165) is 25.2 Å². The van der Waals surface area contributed by atoms with E-state index in [1.807, 2.05) is 0 Å². The van der Waals surface area contributed by atoms with Gasteiger partial charge in [0.2, 0.25) is 5.71 Å². The van der Waals surface area contributed by atoms with Crippen LogP contribution < -0.4 is 11.3 Å². The van der Waals surface area contributed by atoms with E-state index in [0.29, 0.717) is 17.3 Å². The van der Waals surface area contributed by atoms with Gasteiger partial charge in [0, 0.05) is 17.5 Å². The minimum atomic E-state index is -1.06. The number of hydrogen-bond acceptors (Lipinski definition) is 6. The molecule has 1 N–H and O–H groups in total. The first-order valence-electron chi connectivity index (χ1n) is 7.58. The Hall–Kier alpha value is -2.54. The smallest absolute Gasteiger partial charge is 0.442 e. The van der Waals surface area contributed by atoms with Gasteiger partial charge in [0.25, 0.3) is 0 Å². The summed E-state index contributed by atoms with van der Waals surface area (Å²) in [4.78, 5) is 25.2. The van der Waals surface area contributed by atoms with Gasteiger partial charge in [-0.3, -0.25) is 0 Å². The summed E-state index contributed by atoms with van der Waals surface area (Å²) >= 11 is 0. The Kier molecular flexibility index (Phi) is 3.96. The van der Waals surface area contributed by atoms with E-state index in [4.69, 9.17) is 8.94 Å². The van der Waals surface area contributed by atoms with E-state index in [-0.39, 0.29) is 11.5 Å². The Labute approximate surface area is 131 Å². The van der Waals surface area contributed by atoms with Crippen molar-refractivity contribution in [3.63, 3.8) is 0 Å². The lowest BCUT2D eigenvalue weighted by atomic mass is 10.1. The molecule has 7 nitrogen and oxygen atoms in total. The average Bonchev–Trinajstić information content (AvgIpc) is 2.81. The molecule has 0 radical (unpaired) electrons. The van der Waals surface area contributed by atoms with Gasteiger partial charge in [0.15, 0.2) is 0 Å². The van der Waals surface area contributed by atoms with Crippen molar-refractivity contribution >= 4 is 16.6 Å². The van der Waals surface area contributed by atoms with Gasteiger partial charge in [0.05, 0.1) is 5.52 Å². The highest BCUT2D eigenvalue weighted by Gasteiger charge is 2.18. The van der Waals surface area contributed by atoms with Crippen molar-refractivity contribution in [2.45, 2.75) is 20.3 Å². The number of phenols is 1. The predicted octanol–water partition coefficient (Wildman–Crippen LogP) is 1.59. The number of hydrogen-bond donors (Lipinski definition) is 1. The van der Waals surface area contributed by atoms with Crippen LogP contribution in [-0.2, 0) is 6.42 Å². The van der Waals surface area contributed by atoms with Crippen molar-refractivity contribution in [2.24, 2.45) is 0 Å². The third-order valence-electron chi connectivity index (χ3n) is 4.07. The van der Waals surface area contributed by atoms with E-state index in [9.17, 15) is 14.7 Å². The fourth-order valence-corrected chi connectivity index (χ4v) is 2.78. The second-order valence-electron chi connectivity index (χ2n) is 5.32. The van der Waals surface area contributed by atoms with E-state index in [2.05, 4.69) is 18.7 Å². The van der Waals surface area contributed by atoms with Gasteiger partial charge in [0.1, 0.15) is 5.75 Å². The van der Waals surface area contributed by atoms with Crippen LogP contribution in [0.2, 0.25) is 0 Å². The second kappa shape index (κ2) is 5.92. The fraction of sp³-hybridized carbons (Fsp3) is 0.375. The molecule has 0 spiro atoms. The highest BCUT2D eigenvalue weighted by Crippen LogP contribution is 2.29.